The van der Waals surface area contributed by atoms with Crippen LogP contribution in [0.2, 0.25) is 0 Å². The van der Waals surface area contributed by atoms with Crippen LogP contribution in [0.3, 0.4) is 0 Å². The number of nitrogens with one attached hydrogen (secondary N) is 1. The molecule has 1 N–H and O–H groups in total. The van der Waals surface area contributed by atoms with E-state index in [1.165, 1.54) is 0 Å². The van der Waals surface area contributed by atoms with E-state index in [0.29, 0.717) is 6.04 Å². The SMILES string of the molecule is CN(C)CC1CN(Cc2ccco2)CC(C)(C)N1. The summed E-state index contributed by atoms with van der Waals surface area (Å²) in [5.41, 5.74) is 0.158. The Morgan fingerprint density at radius 2 is 2.28 bits per heavy atom. The molecular weight excluding hydrogens is 226 g/mol. The predicted octanol–water partition coefficient (Wildman–Crippen LogP) is 1.39. The Morgan fingerprint density at radius 1 is 1.50 bits per heavy atom. The molecule has 1 aromatic heterocycles. The van der Waals surface area contributed by atoms with E-state index in [2.05, 4.69) is 49.1 Å². The van der Waals surface area contributed by atoms with Gasteiger partial charge in [-0.25, -0.2) is 0 Å². The third-order valence-corrected chi connectivity index (χ3v) is 3.24. The average molecular weight is 251 g/mol. The monoisotopic (exact) mass is 251 g/mol. The fourth-order valence-electron chi connectivity index (χ4n) is 2.87. The van der Waals surface area contributed by atoms with Crippen molar-refractivity contribution in [1.29, 1.82) is 0 Å². The van der Waals surface area contributed by atoms with Crippen molar-refractivity contribution in [3.8, 4) is 0 Å². The number of hydrogen-bond donors (Lipinski definition) is 1. The van der Waals surface area contributed by atoms with Crippen molar-refractivity contribution in [1.82, 2.24) is 15.1 Å². The van der Waals surface area contributed by atoms with Gasteiger partial charge in [-0.15, -0.1) is 0 Å². The lowest BCUT2D eigenvalue weighted by Crippen LogP contribution is -2.63. The Morgan fingerprint density at radius 3 is 2.89 bits per heavy atom. The Balaban J connectivity index is 1.97. The van der Waals surface area contributed by atoms with Crippen LogP contribution in [-0.4, -0.2) is 55.1 Å². The van der Waals surface area contributed by atoms with E-state index in [0.717, 1.165) is 31.9 Å². The smallest absolute Gasteiger partial charge is 0.117 e. The van der Waals surface area contributed by atoms with Crippen molar-refractivity contribution in [3.05, 3.63) is 24.2 Å². The van der Waals surface area contributed by atoms with Gasteiger partial charge in [-0.05, 0) is 40.1 Å². The van der Waals surface area contributed by atoms with E-state index in [1.807, 2.05) is 6.07 Å². The number of rotatable bonds is 4. The number of nitrogens with zero attached hydrogens (tertiary/aromatic N) is 2. The molecule has 0 radical (unpaired) electrons. The highest BCUT2D eigenvalue weighted by Crippen LogP contribution is 2.17. The molecule has 0 aliphatic carbocycles. The standard InChI is InChI=1S/C14H25N3O/c1-14(2)11-17(10-13-6-5-7-18-13)9-12(15-14)8-16(3)4/h5-7,12,15H,8-11H2,1-4H3. The molecule has 1 aliphatic rings. The van der Waals surface area contributed by atoms with Crippen molar-refractivity contribution >= 4 is 0 Å². The minimum Gasteiger partial charge on any atom is -0.468 e. The molecule has 1 unspecified atom stereocenters. The molecule has 2 heterocycles. The summed E-state index contributed by atoms with van der Waals surface area (Å²) in [4.78, 5) is 4.72. The molecule has 1 aliphatic heterocycles. The van der Waals surface area contributed by atoms with E-state index in [9.17, 15) is 0 Å². The summed E-state index contributed by atoms with van der Waals surface area (Å²) in [5.74, 6) is 1.05. The molecule has 1 saturated heterocycles. The normalized spacial score (nSPS) is 24.6. The highest BCUT2D eigenvalue weighted by atomic mass is 16.3. The van der Waals surface area contributed by atoms with Gasteiger partial charge in [-0.1, -0.05) is 0 Å². The molecule has 4 heteroatoms. The minimum atomic E-state index is 0.158. The fraction of sp³-hybridized carbons (Fsp3) is 0.714. The van der Waals surface area contributed by atoms with E-state index in [4.69, 9.17) is 4.42 Å². The number of hydrogen-bond acceptors (Lipinski definition) is 4. The topological polar surface area (TPSA) is 31.6 Å². The van der Waals surface area contributed by atoms with Gasteiger partial charge in [0.05, 0.1) is 12.8 Å². The second kappa shape index (κ2) is 5.43. The predicted molar refractivity (Wildman–Crippen MR) is 73.5 cm³/mol. The second-order valence-corrected chi connectivity index (χ2v) is 6.24. The van der Waals surface area contributed by atoms with E-state index < -0.39 is 0 Å². The largest absolute Gasteiger partial charge is 0.468 e. The molecule has 0 aromatic carbocycles. The van der Waals surface area contributed by atoms with Crippen molar-refractivity contribution in [2.75, 3.05) is 33.7 Å². The molecule has 2 rings (SSSR count). The van der Waals surface area contributed by atoms with E-state index >= 15 is 0 Å². The average Bonchev–Trinajstić information content (AvgIpc) is 2.66. The molecule has 0 amide bonds. The molecule has 18 heavy (non-hydrogen) atoms. The van der Waals surface area contributed by atoms with Crippen LogP contribution in [0, 0.1) is 0 Å². The first-order valence-corrected chi connectivity index (χ1v) is 6.62. The van der Waals surface area contributed by atoms with Gasteiger partial charge >= 0.3 is 0 Å². The van der Waals surface area contributed by atoms with Crippen LogP contribution in [0.4, 0.5) is 0 Å². The van der Waals surface area contributed by atoms with Gasteiger partial charge in [0.2, 0.25) is 0 Å². The van der Waals surface area contributed by atoms with Gasteiger partial charge in [0.1, 0.15) is 5.76 Å². The van der Waals surface area contributed by atoms with Crippen molar-refractivity contribution in [2.24, 2.45) is 0 Å². The number of piperazine rings is 1. The first kappa shape index (κ1) is 13.6. The van der Waals surface area contributed by atoms with Crippen LogP contribution in [0.5, 0.6) is 0 Å². The molecule has 0 bridgehead atoms. The van der Waals surface area contributed by atoms with Crippen LogP contribution in [0.1, 0.15) is 19.6 Å². The van der Waals surface area contributed by atoms with Crippen LogP contribution < -0.4 is 5.32 Å². The molecule has 0 saturated carbocycles. The highest BCUT2D eigenvalue weighted by Gasteiger charge is 2.32. The van der Waals surface area contributed by atoms with Crippen molar-refractivity contribution < 1.29 is 4.42 Å². The minimum absolute atomic E-state index is 0.158. The van der Waals surface area contributed by atoms with Crippen LogP contribution in [0.15, 0.2) is 22.8 Å². The number of likely N-dealkylation sites (N-methyl/N-ethyl adjacent to an activating group) is 1. The maximum absolute atomic E-state index is 5.45. The Bertz CT molecular complexity index is 359. The van der Waals surface area contributed by atoms with E-state index in [1.54, 1.807) is 6.26 Å². The van der Waals surface area contributed by atoms with Gasteiger partial charge < -0.3 is 14.6 Å². The summed E-state index contributed by atoms with van der Waals surface area (Å²) in [6.07, 6.45) is 1.75. The number of furan rings is 1. The zero-order valence-electron chi connectivity index (χ0n) is 11.9. The summed E-state index contributed by atoms with van der Waals surface area (Å²) in [5, 5.41) is 3.72. The Hall–Kier alpha value is -0.840. The van der Waals surface area contributed by atoms with E-state index in [-0.39, 0.29) is 5.54 Å². The van der Waals surface area contributed by atoms with Crippen LogP contribution in [-0.2, 0) is 6.54 Å². The molecule has 102 valence electrons. The maximum atomic E-state index is 5.45. The first-order valence-electron chi connectivity index (χ1n) is 6.62. The molecule has 1 aromatic rings. The summed E-state index contributed by atoms with van der Waals surface area (Å²) in [6, 6.07) is 4.52. The van der Waals surface area contributed by atoms with Gasteiger partial charge in [0.25, 0.3) is 0 Å². The van der Waals surface area contributed by atoms with Gasteiger partial charge in [0, 0.05) is 31.2 Å². The van der Waals surface area contributed by atoms with Crippen molar-refractivity contribution in [3.63, 3.8) is 0 Å². The molecule has 1 fully saturated rings. The third kappa shape index (κ3) is 3.83. The second-order valence-electron chi connectivity index (χ2n) is 6.24. The molecule has 1 atom stereocenters. The zero-order chi connectivity index (χ0) is 13.2. The molecule has 0 spiro atoms. The summed E-state index contributed by atoms with van der Waals surface area (Å²) in [6.45, 7) is 8.63. The zero-order valence-corrected chi connectivity index (χ0v) is 11.9. The lowest BCUT2D eigenvalue weighted by atomic mass is 9.98. The van der Waals surface area contributed by atoms with Gasteiger partial charge in [0.15, 0.2) is 0 Å². The molecule has 4 nitrogen and oxygen atoms in total. The van der Waals surface area contributed by atoms with Gasteiger partial charge in [-0.2, -0.15) is 0 Å². The maximum Gasteiger partial charge on any atom is 0.117 e. The fourth-order valence-corrected chi connectivity index (χ4v) is 2.87. The van der Waals surface area contributed by atoms with Gasteiger partial charge in [-0.3, -0.25) is 4.90 Å². The highest BCUT2D eigenvalue weighted by molar-refractivity contribution is 5.00. The summed E-state index contributed by atoms with van der Waals surface area (Å²) < 4.78 is 5.45. The summed E-state index contributed by atoms with van der Waals surface area (Å²) in [7, 11) is 4.25. The first-order chi connectivity index (χ1) is 8.44. The van der Waals surface area contributed by atoms with Crippen LogP contribution >= 0.6 is 0 Å². The Kier molecular flexibility index (Phi) is 4.10. The Labute approximate surface area is 110 Å². The lowest BCUT2D eigenvalue weighted by Gasteiger charge is -2.44. The summed E-state index contributed by atoms with van der Waals surface area (Å²) >= 11 is 0. The van der Waals surface area contributed by atoms with Crippen LogP contribution in [0.25, 0.3) is 0 Å². The van der Waals surface area contributed by atoms with Crippen molar-refractivity contribution in [2.45, 2.75) is 32.0 Å². The lowest BCUT2D eigenvalue weighted by molar-refractivity contribution is 0.0933. The quantitative estimate of drug-likeness (QED) is 0.876. The molecular formula is C14H25N3O. The third-order valence-electron chi connectivity index (χ3n) is 3.24.